The van der Waals surface area contributed by atoms with Gasteiger partial charge in [-0.2, -0.15) is 13.2 Å². The van der Waals surface area contributed by atoms with Gasteiger partial charge in [0.25, 0.3) is 0 Å². The van der Waals surface area contributed by atoms with Crippen molar-refractivity contribution < 1.29 is 13.2 Å². The van der Waals surface area contributed by atoms with Crippen molar-refractivity contribution in [3.8, 4) is 0 Å². The van der Waals surface area contributed by atoms with Crippen molar-refractivity contribution >= 4 is 0 Å². The number of nitrogens with two attached hydrogens (primary N) is 1. The van der Waals surface area contributed by atoms with Gasteiger partial charge in [0.1, 0.15) is 0 Å². The fourth-order valence-corrected chi connectivity index (χ4v) is 2.11. The minimum Gasteiger partial charge on any atom is -0.330 e. The Kier molecular flexibility index (Phi) is 4.20. The predicted octanol–water partition coefficient (Wildman–Crippen LogP) is 3.29. The zero-order chi connectivity index (χ0) is 13.2. The van der Waals surface area contributed by atoms with Crippen LogP contribution >= 0.6 is 0 Å². The molecule has 0 aromatic heterocycles. The molecule has 1 unspecified atom stereocenters. The second-order valence-electron chi connectivity index (χ2n) is 4.56. The van der Waals surface area contributed by atoms with Gasteiger partial charge in [-0.25, -0.2) is 0 Å². The van der Waals surface area contributed by atoms with Crippen molar-refractivity contribution in [1.82, 2.24) is 0 Å². The van der Waals surface area contributed by atoms with Gasteiger partial charge in [-0.05, 0) is 43.9 Å². The van der Waals surface area contributed by atoms with Crippen LogP contribution in [0.4, 0.5) is 13.2 Å². The Hall–Kier alpha value is -1.03. The lowest BCUT2D eigenvalue weighted by Crippen LogP contribution is -2.32. The summed E-state index contributed by atoms with van der Waals surface area (Å²) >= 11 is 0. The molecular weight excluding hydrogens is 227 g/mol. The molecule has 1 aromatic carbocycles. The minimum absolute atomic E-state index is 0.0298. The first-order valence-corrected chi connectivity index (χ1v) is 5.59. The van der Waals surface area contributed by atoms with E-state index in [4.69, 9.17) is 5.73 Å². The quantitative estimate of drug-likeness (QED) is 0.868. The van der Waals surface area contributed by atoms with Crippen LogP contribution in [0.15, 0.2) is 12.1 Å². The highest BCUT2D eigenvalue weighted by atomic mass is 19.4. The number of alkyl halides is 3. The summed E-state index contributed by atoms with van der Waals surface area (Å²) < 4.78 is 38.0. The zero-order valence-electron chi connectivity index (χ0n) is 10.4. The molecule has 0 aliphatic rings. The largest absolute Gasteiger partial charge is 0.393 e. The minimum atomic E-state index is -4.22. The standard InChI is InChI=1S/C13H18F3N/c1-8-4-9(2)12(10(3)5-8)6-11(7-17)13(14,15)16/h4-5,11H,6-7,17H2,1-3H3. The third-order valence-corrected chi connectivity index (χ3v) is 3.04. The van der Waals surface area contributed by atoms with Gasteiger partial charge < -0.3 is 5.73 Å². The second kappa shape index (κ2) is 5.08. The van der Waals surface area contributed by atoms with Crippen LogP contribution in [0.25, 0.3) is 0 Å². The molecule has 1 atom stereocenters. The summed E-state index contributed by atoms with van der Waals surface area (Å²) in [6, 6.07) is 3.82. The fraction of sp³-hybridized carbons (Fsp3) is 0.538. The van der Waals surface area contributed by atoms with Crippen molar-refractivity contribution in [2.24, 2.45) is 11.7 Å². The maximum absolute atomic E-state index is 12.7. The lowest BCUT2D eigenvalue weighted by atomic mass is 9.91. The van der Waals surface area contributed by atoms with E-state index in [0.717, 1.165) is 22.3 Å². The maximum atomic E-state index is 12.7. The highest BCUT2D eigenvalue weighted by Crippen LogP contribution is 2.30. The van der Waals surface area contributed by atoms with E-state index >= 15 is 0 Å². The molecule has 0 heterocycles. The molecule has 0 amide bonds. The molecule has 0 fully saturated rings. The van der Waals surface area contributed by atoms with Gasteiger partial charge in [-0.15, -0.1) is 0 Å². The molecule has 96 valence electrons. The number of aryl methyl sites for hydroxylation is 3. The molecule has 0 bridgehead atoms. The van der Waals surface area contributed by atoms with E-state index in [1.165, 1.54) is 0 Å². The van der Waals surface area contributed by atoms with Gasteiger partial charge in [0.05, 0.1) is 5.92 Å². The Balaban J connectivity index is 3.02. The smallest absolute Gasteiger partial charge is 0.330 e. The monoisotopic (exact) mass is 245 g/mol. The normalized spacial score (nSPS) is 13.8. The first-order valence-electron chi connectivity index (χ1n) is 5.59. The van der Waals surface area contributed by atoms with Crippen molar-refractivity contribution in [2.75, 3.05) is 6.54 Å². The van der Waals surface area contributed by atoms with Gasteiger partial charge in [0.2, 0.25) is 0 Å². The molecule has 1 aromatic rings. The number of benzene rings is 1. The van der Waals surface area contributed by atoms with Gasteiger partial charge >= 0.3 is 6.18 Å². The summed E-state index contributed by atoms with van der Waals surface area (Å²) in [5.74, 6) is -1.46. The third kappa shape index (κ3) is 3.46. The van der Waals surface area contributed by atoms with Crippen LogP contribution in [0.3, 0.4) is 0 Å². The maximum Gasteiger partial charge on any atom is 0.393 e. The van der Waals surface area contributed by atoms with Gasteiger partial charge in [0, 0.05) is 6.54 Å². The lowest BCUT2D eigenvalue weighted by molar-refractivity contribution is -0.171. The van der Waals surface area contributed by atoms with E-state index in [0.29, 0.717) is 0 Å². The SMILES string of the molecule is Cc1cc(C)c(CC(CN)C(F)(F)F)c(C)c1. The summed E-state index contributed by atoms with van der Waals surface area (Å²) in [5.41, 5.74) is 8.87. The summed E-state index contributed by atoms with van der Waals surface area (Å²) in [5, 5.41) is 0. The van der Waals surface area contributed by atoms with Crippen molar-refractivity contribution in [3.63, 3.8) is 0 Å². The van der Waals surface area contributed by atoms with E-state index in [1.54, 1.807) is 0 Å². The average molecular weight is 245 g/mol. The molecule has 4 heteroatoms. The first kappa shape index (κ1) is 14.0. The summed E-state index contributed by atoms with van der Waals surface area (Å²) in [6.07, 6.45) is -4.25. The number of hydrogen-bond acceptors (Lipinski definition) is 1. The number of rotatable bonds is 3. The van der Waals surface area contributed by atoms with Crippen LogP contribution in [-0.4, -0.2) is 12.7 Å². The molecule has 0 aliphatic carbocycles. The summed E-state index contributed by atoms with van der Waals surface area (Å²) in [7, 11) is 0. The van der Waals surface area contributed by atoms with Gasteiger partial charge in [-0.1, -0.05) is 17.7 Å². The zero-order valence-corrected chi connectivity index (χ0v) is 10.4. The van der Waals surface area contributed by atoms with Crippen LogP contribution in [0.2, 0.25) is 0 Å². The molecule has 0 aliphatic heterocycles. The lowest BCUT2D eigenvalue weighted by Gasteiger charge is -2.21. The highest BCUT2D eigenvalue weighted by Gasteiger charge is 2.38. The topological polar surface area (TPSA) is 26.0 Å². The molecule has 0 saturated carbocycles. The second-order valence-corrected chi connectivity index (χ2v) is 4.56. The number of hydrogen-bond donors (Lipinski definition) is 1. The van der Waals surface area contributed by atoms with Crippen LogP contribution in [0.5, 0.6) is 0 Å². The molecule has 0 spiro atoms. The molecule has 0 saturated heterocycles. The molecular formula is C13H18F3N. The predicted molar refractivity (Wildman–Crippen MR) is 63.0 cm³/mol. The van der Waals surface area contributed by atoms with E-state index in [9.17, 15) is 13.2 Å². The van der Waals surface area contributed by atoms with Crippen LogP contribution in [-0.2, 0) is 6.42 Å². The van der Waals surface area contributed by atoms with Gasteiger partial charge in [-0.3, -0.25) is 0 Å². The Morgan fingerprint density at radius 1 is 1.12 bits per heavy atom. The third-order valence-electron chi connectivity index (χ3n) is 3.04. The van der Waals surface area contributed by atoms with Crippen molar-refractivity contribution in [2.45, 2.75) is 33.4 Å². The van der Waals surface area contributed by atoms with Crippen LogP contribution in [0.1, 0.15) is 22.3 Å². The Labute approximate surface area is 99.8 Å². The summed E-state index contributed by atoms with van der Waals surface area (Å²) in [4.78, 5) is 0. The van der Waals surface area contributed by atoms with Crippen molar-refractivity contribution in [1.29, 1.82) is 0 Å². The van der Waals surface area contributed by atoms with E-state index in [1.807, 2.05) is 32.9 Å². The molecule has 1 nitrogen and oxygen atoms in total. The van der Waals surface area contributed by atoms with Crippen LogP contribution < -0.4 is 5.73 Å². The number of halogens is 3. The Bertz CT molecular complexity index is 373. The van der Waals surface area contributed by atoms with E-state index < -0.39 is 12.1 Å². The fourth-order valence-electron chi connectivity index (χ4n) is 2.11. The molecule has 17 heavy (non-hydrogen) atoms. The Morgan fingerprint density at radius 2 is 1.59 bits per heavy atom. The average Bonchev–Trinajstić information content (AvgIpc) is 2.14. The van der Waals surface area contributed by atoms with Gasteiger partial charge in [0.15, 0.2) is 0 Å². The summed E-state index contributed by atoms with van der Waals surface area (Å²) in [6.45, 7) is 5.27. The first-order chi connectivity index (χ1) is 7.75. The molecule has 0 radical (unpaired) electrons. The molecule has 2 N–H and O–H groups in total. The molecule has 1 rings (SSSR count). The van der Waals surface area contributed by atoms with Crippen LogP contribution in [0, 0.1) is 26.7 Å². The van der Waals surface area contributed by atoms with Crippen molar-refractivity contribution in [3.05, 3.63) is 34.4 Å². The van der Waals surface area contributed by atoms with E-state index in [-0.39, 0.29) is 13.0 Å². The highest BCUT2D eigenvalue weighted by molar-refractivity contribution is 5.37. The van der Waals surface area contributed by atoms with E-state index in [2.05, 4.69) is 0 Å². The Morgan fingerprint density at radius 3 is 1.94 bits per heavy atom.